The van der Waals surface area contributed by atoms with Crippen molar-refractivity contribution in [3.63, 3.8) is 0 Å². The molecule has 0 amide bonds. The maximum Gasteiger partial charge on any atom is 0.0574 e. The fourth-order valence-electron chi connectivity index (χ4n) is 5.01. The van der Waals surface area contributed by atoms with Crippen LogP contribution in [-0.2, 0) is 0 Å². The third kappa shape index (κ3) is 5.62. The fraction of sp³-hybridized carbons (Fsp3) is 1.00. The number of hydrogen-bond donors (Lipinski definition) is 2. The lowest BCUT2D eigenvalue weighted by atomic mass is 9.75. The van der Waals surface area contributed by atoms with Crippen LogP contribution < -0.4 is 0 Å². The van der Waals surface area contributed by atoms with E-state index in [9.17, 15) is 10.2 Å². The zero-order chi connectivity index (χ0) is 18.9. The maximum absolute atomic E-state index is 10.5. The number of aliphatic hydroxyl groups is 2. The van der Waals surface area contributed by atoms with Gasteiger partial charge < -0.3 is 10.2 Å². The minimum absolute atomic E-state index is 0.123. The first-order chi connectivity index (χ1) is 11.5. The molecule has 2 saturated carbocycles. The second-order valence-electron chi connectivity index (χ2n) is 10.5. The topological polar surface area (TPSA) is 40.5 Å². The molecule has 0 bridgehead atoms. The summed E-state index contributed by atoms with van der Waals surface area (Å²) in [5.41, 5.74) is 0.263. The van der Waals surface area contributed by atoms with E-state index in [1.165, 1.54) is 6.42 Å². The lowest BCUT2D eigenvalue weighted by Gasteiger charge is -2.42. The summed E-state index contributed by atoms with van der Waals surface area (Å²) in [5, 5.41) is 22.2. The van der Waals surface area contributed by atoms with E-state index in [-0.39, 0.29) is 17.6 Å². The van der Waals surface area contributed by atoms with Gasteiger partial charge in [0.2, 0.25) is 0 Å². The van der Waals surface area contributed by atoms with E-state index in [1.54, 1.807) is 0 Å². The molecular formula is C22H42O2S. The molecule has 148 valence electrons. The van der Waals surface area contributed by atoms with Crippen molar-refractivity contribution in [2.45, 2.75) is 103 Å². The van der Waals surface area contributed by atoms with Crippen LogP contribution in [0.2, 0.25) is 0 Å². The Labute approximate surface area is 160 Å². The molecule has 8 unspecified atom stereocenters. The number of aliphatic hydroxyl groups excluding tert-OH is 2. The molecule has 3 heteroatoms. The van der Waals surface area contributed by atoms with E-state index in [0.717, 1.165) is 25.7 Å². The van der Waals surface area contributed by atoms with Gasteiger partial charge in [0, 0.05) is 10.5 Å². The molecule has 0 heterocycles. The van der Waals surface area contributed by atoms with Crippen LogP contribution in [-0.4, -0.2) is 32.9 Å². The average Bonchev–Trinajstić information content (AvgIpc) is 2.59. The minimum Gasteiger partial charge on any atom is -0.393 e. The van der Waals surface area contributed by atoms with Gasteiger partial charge in [0.05, 0.1) is 12.2 Å². The molecule has 2 aliphatic carbocycles. The molecule has 2 N–H and O–H groups in total. The normalized spacial score (nSPS) is 43.9. The van der Waals surface area contributed by atoms with Gasteiger partial charge in [0.15, 0.2) is 0 Å². The van der Waals surface area contributed by atoms with Crippen LogP contribution in [0.1, 0.15) is 80.6 Å². The molecule has 2 rings (SSSR count). The third-order valence-corrected chi connectivity index (χ3v) is 9.04. The predicted octanol–water partition coefficient (Wildman–Crippen LogP) is 5.36. The molecule has 0 aromatic carbocycles. The van der Waals surface area contributed by atoms with E-state index in [2.05, 4.69) is 60.2 Å². The summed E-state index contributed by atoms with van der Waals surface area (Å²) in [7, 11) is 0. The first-order valence-corrected chi connectivity index (χ1v) is 11.4. The molecule has 2 aliphatic rings. The summed E-state index contributed by atoms with van der Waals surface area (Å²) in [6, 6.07) is 0. The molecule has 0 spiro atoms. The Morgan fingerprint density at radius 3 is 1.96 bits per heavy atom. The SMILES string of the molecule is CC(C)C1CC(SC2CC(C(C)(C)C)CC(O)CC2C)C(C)CC1O. The van der Waals surface area contributed by atoms with Crippen LogP contribution in [0.15, 0.2) is 0 Å². The summed E-state index contributed by atoms with van der Waals surface area (Å²) >= 11 is 2.19. The van der Waals surface area contributed by atoms with Crippen LogP contribution in [0, 0.1) is 35.0 Å². The molecule has 0 aromatic rings. The largest absolute Gasteiger partial charge is 0.393 e. The van der Waals surface area contributed by atoms with Crippen molar-refractivity contribution in [1.29, 1.82) is 0 Å². The molecule has 2 nitrogen and oxygen atoms in total. The van der Waals surface area contributed by atoms with Crippen molar-refractivity contribution >= 4 is 11.8 Å². The van der Waals surface area contributed by atoms with Gasteiger partial charge in [-0.05, 0) is 67.1 Å². The predicted molar refractivity (Wildman–Crippen MR) is 110 cm³/mol. The standard InChI is InChI=1S/C22H42O2S/c1-13(2)18-12-21(15(4)9-19(18)24)25-20-11-16(22(5,6)7)10-17(23)8-14(20)3/h13-21,23-24H,8-12H2,1-7H3. The summed E-state index contributed by atoms with van der Waals surface area (Å²) < 4.78 is 0. The Hall–Kier alpha value is 0.270. The van der Waals surface area contributed by atoms with E-state index in [0.29, 0.717) is 40.1 Å². The van der Waals surface area contributed by atoms with Gasteiger partial charge in [-0.1, -0.05) is 48.5 Å². The summed E-state index contributed by atoms with van der Waals surface area (Å²) in [5.74, 6) is 2.75. The van der Waals surface area contributed by atoms with Crippen molar-refractivity contribution in [3.8, 4) is 0 Å². The highest BCUT2D eigenvalue weighted by molar-refractivity contribution is 8.00. The van der Waals surface area contributed by atoms with Gasteiger partial charge in [-0.25, -0.2) is 0 Å². The minimum atomic E-state index is -0.140. The highest BCUT2D eigenvalue weighted by Crippen LogP contribution is 2.47. The van der Waals surface area contributed by atoms with Crippen LogP contribution in [0.3, 0.4) is 0 Å². The lowest BCUT2D eigenvalue weighted by Crippen LogP contribution is -2.39. The third-order valence-electron chi connectivity index (χ3n) is 7.03. The van der Waals surface area contributed by atoms with E-state index < -0.39 is 0 Å². The smallest absolute Gasteiger partial charge is 0.0574 e. The number of thioether (sulfide) groups is 1. The monoisotopic (exact) mass is 370 g/mol. The van der Waals surface area contributed by atoms with Gasteiger partial charge in [-0.2, -0.15) is 11.8 Å². The van der Waals surface area contributed by atoms with Gasteiger partial charge in [-0.15, -0.1) is 0 Å². The molecular weight excluding hydrogens is 328 g/mol. The van der Waals surface area contributed by atoms with Crippen LogP contribution in [0.5, 0.6) is 0 Å². The Balaban J connectivity index is 2.10. The summed E-state index contributed by atoms with van der Waals surface area (Å²) in [4.78, 5) is 0. The Kier molecular flexibility index (Phi) is 7.35. The van der Waals surface area contributed by atoms with E-state index in [1.807, 2.05) is 0 Å². The highest BCUT2D eigenvalue weighted by Gasteiger charge is 2.40. The molecule has 25 heavy (non-hydrogen) atoms. The molecule has 0 radical (unpaired) electrons. The summed E-state index contributed by atoms with van der Waals surface area (Å²) in [6.07, 6.45) is 4.97. The quantitative estimate of drug-likeness (QED) is 0.657. The average molecular weight is 371 g/mol. The molecule has 0 saturated heterocycles. The number of hydrogen-bond acceptors (Lipinski definition) is 3. The maximum atomic E-state index is 10.5. The molecule has 0 aromatic heterocycles. The Morgan fingerprint density at radius 1 is 0.840 bits per heavy atom. The van der Waals surface area contributed by atoms with Crippen molar-refractivity contribution in [1.82, 2.24) is 0 Å². The molecule has 2 fully saturated rings. The first kappa shape index (κ1) is 21.6. The van der Waals surface area contributed by atoms with Gasteiger partial charge >= 0.3 is 0 Å². The molecule has 0 aliphatic heterocycles. The van der Waals surface area contributed by atoms with Gasteiger partial charge in [0.1, 0.15) is 0 Å². The first-order valence-electron chi connectivity index (χ1n) is 10.5. The van der Waals surface area contributed by atoms with Crippen molar-refractivity contribution < 1.29 is 10.2 Å². The Morgan fingerprint density at radius 2 is 1.40 bits per heavy atom. The van der Waals surface area contributed by atoms with Gasteiger partial charge in [0.25, 0.3) is 0 Å². The van der Waals surface area contributed by atoms with Crippen LogP contribution in [0.25, 0.3) is 0 Å². The lowest BCUT2D eigenvalue weighted by molar-refractivity contribution is 0.0293. The van der Waals surface area contributed by atoms with Crippen molar-refractivity contribution in [2.75, 3.05) is 0 Å². The van der Waals surface area contributed by atoms with E-state index >= 15 is 0 Å². The van der Waals surface area contributed by atoms with E-state index in [4.69, 9.17) is 0 Å². The van der Waals surface area contributed by atoms with Crippen LogP contribution >= 0.6 is 11.8 Å². The van der Waals surface area contributed by atoms with Crippen molar-refractivity contribution in [3.05, 3.63) is 0 Å². The second kappa shape index (κ2) is 8.52. The van der Waals surface area contributed by atoms with Crippen molar-refractivity contribution in [2.24, 2.45) is 35.0 Å². The fourth-order valence-corrected chi connectivity index (χ4v) is 6.89. The highest BCUT2D eigenvalue weighted by atomic mass is 32.2. The van der Waals surface area contributed by atoms with Crippen LogP contribution in [0.4, 0.5) is 0 Å². The molecule has 8 atom stereocenters. The zero-order valence-corrected chi connectivity index (χ0v) is 18.4. The second-order valence-corrected chi connectivity index (χ2v) is 12.0. The summed E-state index contributed by atoms with van der Waals surface area (Å²) in [6.45, 7) is 16.2. The Bertz CT molecular complexity index is 417. The zero-order valence-electron chi connectivity index (χ0n) is 17.5. The van der Waals surface area contributed by atoms with Gasteiger partial charge in [-0.3, -0.25) is 0 Å². The number of rotatable bonds is 3.